The van der Waals surface area contributed by atoms with Crippen LogP contribution < -0.4 is 11.1 Å². The summed E-state index contributed by atoms with van der Waals surface area (Å²) < 4.78 is 4.45. The van der Waals surface area contributed by atoms with Crippen LogP contribution in [0, 0.1) is 0 Å². The number of ether oxygens (including phenoxy) is 1. The highest BCUT2D eigenvalue weighted by molar-refractivity contribution is 5.74. The molecule has 0 aliphatic heterocycles. The van der Waals surface area contributed by atoms with Gasteiger partial charge in [-0.25, -0.2) is 4.79 Å². The highest BCUT2D eigenvalue weighted by atomic mass is 16.5. The van der Waals surface area contributed by atoms with Gasteiger partial charge in [-0.05, 0) is 5.53 Å². The Bertz CT molecular complexity index is 275. The number of hydrogen-bond donors (Lipinski definition) is 3. The van der Waals surface area contributed by atoms with Crippen LogP contribution in [-0.4, -0.2) is 42.9 Å². The third-order valence-electron chi connectivity index (χ3n) is 1.26. The van der Waals surface area contributed by atoms with Gasteiger partial charge in [-0.3, -0.25) is 4.79 Å². The first-order chi connectivity index (χ1) is 7.07. The Morgan fingerprint density at radius 1 is 1.67 bits per heavy atom. The largest absolute Gasteiger partial charge is 0.480 e. The highest BCUT2D eigenvalue weighted by Crippen LogP contribution is 1.83. The minimum Gasteiger partial charge on any atom is -0.480 e. The molecule has 9 heteroatoms. The molecule has 0 aliphatic rings. The van der Waals surface area contributed by atoms with Crippen molar-refractivity contribution in [1.29, 1.82) is 0 Å². The number of aliphatic carboxylic acids is 1. The number of nitrogens with zero attached hydrogens (tertiary/aromatic N) is 3. The molecule has 0 aromatic carbocycles. The van der Waals surface area contributed by atoms with Crippen molar-refractivity contribution in [3.8, 4) is 0 Å². The Hall–Kier alpha value is -1.99. The number of azide groups is 1. The molecule has 1 amide bonds. The lowest BCUT2D eigenvalue weighted by Crippen LogP contribution is -2.38. The predicted molar refractivity (Wildman–Crippen MR) is 49.0 cm³/mol. The van der Waals surface area contributed by atoms with Crippen LogP contribution >= 0.6 is 0 Å². The van der Waals surface area contributed by atoms with Gasteiger partial charge in [-0.2, -0.15) is 0 Å². The van der Waals surface area contributed by atoms with Crippen LogP contribution in [0.1, 0.15) is 0 Å². The van der Waals surface area contributed by atoms with E-state index >= 15 is 0 Å². The van der Waals surface area contributed by atoms with Gasteiger partial charge in [0.15, 0.2) is 0 Å². The quantitative estimate of drug-likeness (QED) is 0.235. The summed E-state index contributed by atoms with van der Waals surface area (Å²) in [6, 6.07) is -1.24. The molecule has 15 heavy (non-hydrogen) atoms. The summed E-state index contributed by atoms with van der Waals surface area (Å²) >= 11 is 0. The fraction of sp³-hybridized carbons (Fsp3) is 0.667. The van der Waals surface area contributed by atoms with Gasteiger partial charge < -0.3 is 20.9 Å². The number of carbonyl (C=O) groups excluding carboxylic acids is 1. The van der Waals surface area contributed by atoms with E-state index in [9.17, 15) is 9.59 Å². The summed E-state index contributed by atoms with van der Waals surface area (Å²) in [5.41, 5.74) is 13.0. The Balaban J connectivity index is 3.57. The summed E-state index contributed by atoms with van der Waals surface area (Å²) in [5, 5.41) is 13.7. The number of alkyl carbamates (subject to hydrolysis) is 1. The van der Waals surface area contributed by atoms with E-state index in [-0.39, 0.29) is 13.1 Å². The summed E-state index contributed by atoms with van der Waals surface area (Å²) in [6.07, 6.45) is -0.806. The van der Waals surface area contributed by atoms with Crippen molar-refractivity contribution in [1.82, 2.24) is 5.32 Å². The number of nitrogens with two attached hydrogens (primary N) is 1. The fourth-order valence-electron chi connectivity index (χ4n) is 0.540. The molecular formula is C6H11N5O4. The zero-order chi connectivity index (χ0) is 11.7. The molecule has 9 nitrogen and oxygen atoms in total. The zero-order valence-corrected chi connectivity index (χ0v) is 7.79. The van der Waals surface area contributed by atoms with Crippen molar-refractivity contribution in [3.05, 3.63) is 10.4 Å². The van der Waals surface area contributed by atoms with E-state index in [2.05, 4.69) is 20.1 Å². The second-order valence-electron chi connectivity index (χ2n) is 2.42. The molecule has 0 heterocycles. The maximum absolute atomic E-state index is 10.8. The van der Waals surface area contributed by atoms with E-state index in [0.29, 0.717) is 0 Å². The molecule has 0 radical (unpaired) electrons. The highest BCUT2D eigenvalue weighted by Gasteiger charge is 2.13. The lowest BCUT2D eigenvalue weighted by atomic mass is 10.3. The first-order valence-electron chi connectivity index (χ1n) is 3.97. The summed E-state index contributed by atoms with van der Waals surface area (Å²) in [5.74, 6) is -1.25. The topological polar surface area (TPSA) is 150 Å². The molecule has 4 N–H and O–H groups in total. The molecule has 0 rings (SSSR count). The van der Waals surface area contributed by atoms with E-state index < -0.39 is 24.7 Å². The molecule has 1 atom stereocenters. The molecule has 0 fully saturated rings. The van der Waals surface area contributed by atoms with Crippen LogP contribution in [0.4, 0.5) is 4.79 Å². The molecule has 0 bridgehead atoms. The fourth-order valence-corrected chi connectivity index (χ4v) is 0.540. The predicted octanol–water partition coefficient (Wildman–Crippen LogP) is -0.565. The normalized spacial score (nSPS) is 11.0. The first kappa shape index (κ1) is 13.0. The number of carboxylic acid groups (broad SMARTS) is 1. The van der Waals surface area contributed by atoms with E-state index in [4.69, 9.17) is 16.4 Å². The van der Waals surface area contributed by atoms with Gasteiger partial charge in [0, 0.05) is 18.0 Å². The molecule has 0 saturated carbocycles. The number of carboxylic acids is 1. The Morgan fingerprint density at radius 2 is 2.33 bits per heavy atom. The van der Waals surface area contributed by atoms with Crippen LogP contribution in [0.25, 0.3) is 10.4 Å². The second-order valence-corrected chi connectivity index (χ2v) is 2.42. The van der Waals surface area contributed by atoms with Gasteiger partial charge in [-0.15, -0.1) is 0 Å². The molecule has 84 valence electrons. The summed E-state index contributed by atoms with van der Waals surface area (Å²) in [7, 11) is 0. The number of rotatable bonds is 6. The number of amides is 1. The molecule has 0 unspecified atom stereocenters. The van der Waals surface area contributed by atoms with Crippen molar-refractivity contribution in [2.24, 2.45) is 10.8 Å². The molecule has 0 spiro atoms. The van der Waals surface area contributed by atoms with Gasteiger partial charge in [0.25, 0.3) is 0 Å². The average molecular weight is 217 g/mol. The maximum atomic E-state index is 10.8. The van der Waals surface area contributed by atoms with Crippen molar-refractivity contribution in [2.45, 2.75) is 6.04 Å². The van der Waals surface area contributed by atoms with Crippen LogP contribution in [0.2, 0.25) is 0 Å². The van der Waals surface area contributed by atoms with Crippen molar-refractivity contribution in [3.63, 3.8) is 0 Å². The van der Waals surface area contributed by atoms with Gasteiger partial charge in [0.1, 0.15) is 12.6 Å². The Morgan fingerprint density at radius 3 is 2.87 bits per heavy atom. The molecule has 0 aromatic heterocycles. The van der Waals surface area contributed by atoms with E-state index in [1.807, 2.05) is 0 Å². The minimum absolute atomic E-state index is 0.0938. The molecule has 0 aromatic rings. The van der Waals surface area contributed by atoms with Gasteiger partial charge in [0.05, 0.1) is 0 Å². The van der Waals surface area contributed by atoms with E-state index in [0.717, 1.165) is 0 Å². The minimum atomic E-state index is -1.25. The second kappa shape index (κ2) is 7.42. The lowest BCUT2D eigenvalue weighted by Gasteiger charge is -2.08. The van der Waals surface area contributed by atoms with E-state index in [1.165, 1.54) is 0 Å². The Kier molecular flexibility index (Phi) is 6.43. The molecule has 0 saturated heterocycles. The van der Waals surface area contributed by atoms with Crippen molar-refractivity contribution in [2.75, 3.05) is 19.7 Å². The lowest BCUT2D eigenvalue weighted by molar-refractivity contribution is -0.139. The van der Waals surface area contributed by atoms with E-state index in [1.54, 1.807) is 0 Å². The Labute approximate surface area is 84.8 Å². The van der Waals surface area contributed by atoms with Gasteiger partial charge in [0.2, 0.25) is 0 Å². The van der Waals surface area contributed by atoms with Crippen LogP contribution in [-0.2, 0) is 9.53 Å². The maximum Gasteiger partial charge on any atom is 0.407 e. The third kappa shape index (κ3) is 7.11. The number of hydrogen-bond acceptors (Lipinski definition) is 5. The SMILES string of the molecule is [N-]=[N+]=NCCNC(=O)OC[C@H](N)C(=O)O. The number of carbonyl (C=O) groups is 2. The smallest absolute Gasteiger partial charge is 0.407 e. The number of nitrogens with one attached hydrogen (secondary N) is 1. The van der Waals surface area contributed by atoms with Gasteiger partial charge in [-0.1, -0.05) is 5.11 Å². The van der Waals surface area contributed by atoms with Crippen LogP contribution in [0.15, 0.2) is 5.11 Å². The van der Waals surface area contributed by atoms with Crippen LogP contribution in [0.5, 0.6) is 0 Å². The zero-order valence-electron chi connectivity index (χ0n) is 7.79. The first-order valence-corrected chi connectivity index (χ1v) is 3.97. The van der Waals surface area contributed by atoms with Crippen molar-refractivity contribution >= 4 is 12.1 Å². The van der Waals surface area contributed by atoms with Crippen molar-refractivity contribution < 1.29 is 19.4 Å². The van der Waals surface area contributed by atoms with Crippen LogP contribution in [0.3, 0.4) is 0 Å². The third-order valence-corrected chi connectivity index (χ3v) is 1.26. The standard InChI is InChI=1S/C6H11N5O4/c7-4(5(12)13)3-15-6(14)9-1-2-10-11-8/h4H,1-3,7H2,(H,9,14)(H,12,13)/t4-/m0/s1. The molecular weight excluding hydrogens is 206 g/mol. The monoisotopic (exact) mass is 217 g/mol. The molecule has 0 aliphatic carbocycles. The summed E-state index contributed by atoms with van der Waals surface area (Å²) in [4.78, 5) is 23.5. The van der Waals surface area contributed by atoms with Gasteiger partial charge >= 0.3 is 12.1 Å². The average Bonchev–Trinajstić information content (AvgIpc) is 2.20. The summed E-state index contributed by atoms with van der Waals surface area (Å²) in [6.45, 7) is -0.204.